The number of hydrogen-bond donors (Lipinski definition) is 1. The third kappa shape index (κ3) is 6.82. The fraction of sp³-hybridized carbons (Fsp3) is 0.240. The van der Waals surface area contributed by atoms with Crippen LogP contribution in [0.25, 0.3) is 0 Å². The van der Waals surface area contributed by atoms with Crippen molar-refractivity contribution in [1.82, 2.24) is 0 Å². The zero-order chi connectivity index (χ0) is 21.2. The molecule has 3 rings (SSSR count). The standard InChI is InChI=1S/C25H26ClNO3/c1-19-12-14-21(15-13-19)27-24(11-6-16-26)25(28)29-18-20-7-5-10-23(17-20)30-22-8-3-2-4-9-22/h2-5,7-10,12-15,17,24,27H,6,11,16,18H2,1H3. The van der Waals surface area contributed by atoms with E-state index in [1.165, 1.54) is 0 Å². The summed E-state index contributed by atoms with van der Waals surface area (Å²) in [6.45, 7) is 2.20. The normalized spacial score (nSPS) is 11.5. The van der Waals surface area contributed by atoms with Gasteiger partial charge in [0.25, 0.3) is 0 Å². The average Bonchev–Trinajstić information content (AvgIpc) is 2.77. The van der Waals surface area contributed by atoms with E-state index < -0.39 is 6.04 Å². The van der Waals surface area contributed by atoms with Gasteiger partial charge in [-0.1, -0.05) is 48.0 Å². The van der Waals surface area contributed by atoms with Crippen LogP contribution < -0.4 is 10.1 Å². The molecule has 0 aliphatic rings. The van der Waals surface area contributed by atoms with E-state index >= 15 is 0 Å². The molecule has 0 fully saturated rings. The molecule has 0 amide bonds. The molecule has 1 unspecified atom stereocenters. The van der Waals surface area contributed by atoms with E-state index in [0.717, 1.165) is 29.0 Å². The Labute approximate surface area is 182 Å². The van der Waals surface area contributed by atoms with Crippen molar-refractivity contribution in [3.63, 3.8) is 0 Å². The van der Waals surface area contributed by atoms with Crippen LogP contribution >= 0.6 is 11.6 Å². The van der Waals surface area contributed by atoms with Crippen LogP contribution in [0, 0.1) is 6.92 Å². The molecule has 0 saturated carbocycles. The molecule has 0 aromatic heterocycles. The molecule has 4 nitrogen and oxygen atoms in total. The van der Waals surface area contributed by atoms with Crippen LogP contribution in [0.5, 0.6) is 11.5 Å². The summed E-state index contributed by atoms with van der Waals surface area (Å²) in [5, 5.41) is 3.26. The summed E-state index contributed by atoms with van der Waals surface area (Å²) in [7, 11) is 0. The molecule has 156 valence electrons. The number of benzene rings is 3. The summed E-state index contributed by atoms with van der Waals surface area (Å²) in [5.74, 6) is 1.66. The van der Waals surface area contributed by atoms with Crippen molar-refractivity contribution >= 4 is 23.3 Å². The second-order valence-corrected chi connectivity index (χ2v) is 7.44. The van der Waals surface area contributed by atoms with Crippen LogP contribution in [0.15, 0.2) is 78.9 Å². The molecule has 0 saturated heterocycles. The highest BCUT2D eigenvalue weighted by Gasteiger charge is 2.19. The van der Waals surface area contributed by atoms with Crippen LogP contribution in [0.1, 0.15) is 24.0 Å². The molecule has 0 bridgehead atoms. The van der Waals surface area contributed by atoms with E-state index in [0.29, 0.717) is 18.1 Å². The summed E-state index contributed by atoms with van der Waals surface area (Å²) in [5.41, 5.74) is 2.91. The number of alkyl halides is 1. The number of hydrogen-bond acceptors (Lipinski definition) is 4. The Balaban J connectivity index is 1.60. The van der Waals surface area contributed by atoms with Crippen LogP contribution in [0.4, 0.5) is 5.69 Å². The van der Waals surface area contributed by atoms with Crippen molar-refractivity contribution in [3.8, 4) is 11.5 Å². The first-order chi connectivity index (χ1) is 14.6. The summed E-state index contributed by atoms with van der Waals surface area (Å²) in [6.07, 6.45) is 1.33. The van der Waals surface area contributed by atoms with Crippen molar-refractivity contribution in [2.24, 2.45) is 0 Å². The fourth-order valence-corrected chi connectivity index (χ4v) is 3.11. The molecular formula is C25H26ClNO3. The smallest absolute Gasteiger partial charge is 0.328 e. The summed E-state index contributed by atoms with van der Waals surface area (Å²) >= 11 is 5.84. The minimum Gasteiger partial charge on any atom is -0.459 e. The molecule has 1 N–H and O–H groups in total. The second kappa shape index (κ2) is 11.3. The Bertz CT molecular complexity index is 929. The van der Waals surface area contributed by atoms with E-state index in [1.54, 1.807) is 0 Å². The molecule has 30 heavy (non-hydrogen) atoms. The van der Waals surface area contributed by atoms with E-state index in [4.69, 9.17) is 21.1 Å². The summed E-state index contributed by atoms with van der Waals surface area (Å²) < 4.78 is 11.4. The fourth-order valence-electron chi connectivity index (χ4n) is 2.96. The predicted molar refractivity (Wildman–Crippen MR) is 121 cm³/mol. The number of carbonyl (C=O) groups excluding carboxylic acids is 1. The molecule has 0 radical (unpaired) electrons. The molecular weight excluding hydrogens is 398 g/mol. The minimum absolute atomic E-state index is 0.178. The van der Waals surface area contributed by atoms with Gasteiger partial charge in [0.2, 0.25) is 0 Å². The van der Waals surface area contributed by atoms with Gasteiger partial charge in [0.15, 0.2) is 0 Å². The Hall–Kier alpha value is -2.98. The number of nitrogens with one attached hydrogen (secondary N) is 1. The number of halogens is 1. The van der Waals surface area contributed by atoms with Crippen LogP contribution in [0.3, 0.4) is 0 Å². The van der Waals surface area contributed by atoms with Gasteiger partial charge in [-0.15, -0.1) is 11.6 Å². The molecule has 0 heterocycles. The van der Waals surface area contributed by atoms with Gasteiger partial charge in [-0.25, -0.2) is 4.79 Å². The van der Waals surface area contributed by atoms with Crippen molar-refractivity contribution in [2.75, 3.05) is 11.2 Å². The molecule has 3 aromatic carbocycles. The average molecular weight is 424 g/mol. The third-order valence-corrected chi connectivity index (χ3v) is 4.83. The van der Waals surface area contributed by atoms with Gasteiger partial charge in [-0.2, -0.15) is 0 Å². The second-order valence-electron chi connectivity index (χ2n) is 7.06. The SMILES string of the molecule is Cc1ccc(NC(CCCCl)C(=O)OCc2cccc(Oc3ccccc3)c2)cc1. The van der Waals surface area contributed by atoms with Crippen LogP contribution in [0.2, 0.25) is 0 Å². The maximum absolute atomic E-state index is 12.7. The molecule has 0 aliphatic carbocycles. The highest BCUT2D eigenvalue weighted by molar-refractivity contribution is 6.17. The predicted octanol–water partition coefficient (Wildman–Crippen LogP) is 6.33. The largest absolute Gasteiger partial charge is 0.459 e. The number of aryl methyl sites for hydroxylation is 1. The molecule has 1 atom stereocenters. The number of ether oxygens (including phenoxy) is 2. The highest BCUT2D eigenvalue weighted by Crippen LogP contribution is 2.22. The van der Waals surface area contributed by atoms with E-state index in [2.05, 4.69) is 5.32 Å². The molecule has 0 aliphatic heterocycles. The van der Waals surface area contributed by atoms with Crippen LogP contribution in [-0.4, -0.2) is 17.9 Å². The third-order valence-electron chi connectivity index (χ3n) is 4.56. The van der Waals surface area contributed by atoms with Crippen molar-refractivity contribution < 1.29 is 14.3 Å². The topological polar surface area (TPSA) is 47.6 Å². The van der Waals surface area contributed by atoms with Crippen molar-refractivity contribution in [1.29, 1.82) is 0 Å². The number of rotatable bonds is 10. The van der Waals surface area contributed by atoms with Crippen molar-refractivity contribution in [2.45, 2.75) is 32.4 Å². The van der Waals surface area contributed by atoms with Gasteiger partial charge >= 0.3 is 5.97 Å². The summed E-state index contributed by atoms with van der Waals surface area (Å²) in [6, 6.07) is 24.6. The first-order valence-electron chi connectivity index (χ1n) is 10.0. The molecule has 0 spiro atoms. The zero-order valence-electron chi connectivity index (χ0n) is 17.0. The number of esters is 1. The molecule has 3 aromatic rings. The van der Waals surface area contributed by atoms with Gasteiger partial charge in [0.05, 0.1) is 0 Å². The lowest BCUT2D eigenvalue weighted by Gasteiger charge is -2.19. The monoisotopic (exact) mass is 423 g/mol. The first-order valence-corrected chi connectivity index (χ1v) is 10.5. The quantitative estimate of drug-likeness (QED) is 0.305. The van der Waals surface area contributed by atoms with Gasteiger partial charge in [0, 0.05) is 11.6 Å². The Morgan fingerprint density at radius 3 is 2.43 bits per heavy atom. The first kappa shape index (κ1) is 21.7. The van der Waals surface area contributed by atoms with Gasteiger partial charge in [0.1, 0.15) is 24.1 Å². The van der Waals surface area contributed by atoms with Gasteiger partial charge in [-0.3, -0.25) is 0 Å². The maximum atomic E-state index is 12.7. The van der Waals surface area contributed by atoms with E-state index in [-0.39, 0.29) is 12.6 Å². The highest BCUT2D eigenvalue weighted by atomic mass is 35.5. The number of anilines is 1. The van der Waals surface area contributed by atoms with Crippen LogP contribution in [-0.2, 0) is 16.1 Å². The van der Waals surface area contributed by atoms with Gasteiger partial charge < -0.3 is 14.8 Å². The van der Waals surface area contributed by atoms with Crippen molar-refractivity contribution in [3.05, 3.63) is 90.0 Å². The lowest BCUT2D eigenvalue weighted by molar-refractivity contribution is -0.146. The minimum atomic E-state index is -0.449. The number of carbonyl (C=O) groups is 1. The van der Waals surface area contributed by atoms with E-state index in [1.807, 2.05) is 85.8 Å². The summed E-state index contributed by atoms with van der Waals surface area (Å²) in [4.78, 5) is 12.7. The van der Waals surface area contributed by atoms with E-state index in [9.17, 15) is 4.79 Å². The number of para-hydroxylation sites is 1. The lowest BCUT2D eigenvalue weighted by Crippen LogP contribution is -2.31. The Morgan fingerprint density at radius 2 is 1.70 bits per heavy atom. The maximum Gasteiger partial charge on any atom is 0.328 e. The lowest BCUT2D eigenvalue weighted by atomic mass is 10.1. The zero-order valence-corrected chi connectivity index (χ0v) is 17.8. The van der Waals surface area contributed by atoms with Gasteiger partial charge in [-0.05, 0) is 61.7 Å². The Kier molecular flexibility index (Phi) is 8.16. The Morgan fingerprint density at radius 1 is 0.967 bits per heavy atom. The molecule has 5 heteroatoms.